The van der Waals surface area contributed by atoms with E-state index in [2.05, 4.69) is 59.2 Å². The zero-order valence-electron chi connectivity index (χ0n) is 17.6. The molecule has 1 heterocycles. The van der Waals surface area contributed by atoms with Crippen molar-refractivity contribution in [2.24, 2.45) is 5.41 Å². The monoisotopic (exact) mass is 376 g/mol. The fourth-order valence-corrected chi connectivity index (χ4v) is 4.54. The van der Waals surface area contributed by atoms with Crippen molar-refractivity contribution in [2.45, 2.75) is 66.2 Å². The Hall–Kier alpha value is -0.140. The highest BCUT2D eigenvalue weighted by molar-refractivity contribution is 7.97. The molecular formula is C19H40N2O3S. The number of rotatable bonds is 7. The third kappa shape index (κ3) is 7.95. The van der Waals surface area contributed by atoms with Gasteiger partial charge in [-0.3, -0.25) is 9.11 Å². The highest BCUT2D eigenvalue weighted by atomic mass is 32.2. The Balaban J connectivity index is 2.94. The largest absolute Gasteiger partial charge is 0.379 e. The normalized spacial score (nSPS) is 22.6. The summed E-state index contributed by atoms with van der Waals surface area (Å²) in [6.07, 6.45) is 1.81. The van der Waals surface area contributed by atoms with Crippen LogP contribution < -0.4 is 0 Å². The van der Waals surface area contributed by atoms with E-state index in [1.807, 2.05) is 4.31 Å². The minimum atomic E-state index is -2.32. The third-order valence-corrected chi connectivity index (χ3v) is 6.39. The molecule has 3 atom stereocenters. The average Bonchev–Trinajstić information content (AvgIpc) is 2.42. The summed E-state index contributed by atoms with van der Waals surface area (Å²) in [5.41, 5.74) is -0.168. The van der Waals surface area contributed by atoms with E-state index in [0.717, 1.165) is 32.8 Å². The molecule has 1 aliphatic rings. The lowest BCUT2D eigenvalue weighted by Crippen LogP contribution is -2.53. The molecular weight excluding hydrogens is 336 g/mol. The quantitative estimate of drug-likeness (QED) is 0.640. The van der Waals surface area contributed by atoms with Crippen molar-refractivity contribution in [1.29, 1.82) is 0 Å². The zero-order valence-corrected chi connectivity index (χ0v) is 18.4. The van der Waals surface area contributed by atoms with Crippen molar-refractivity contribution < 1.29 is 13.7 Å². The number of hydrogen-bond acceptors (Lipinski definition) is 4. The van der Waals surface area contributed by atoms with Gasteiger partial charge in [-0.25, -0.2) is 4.31 Å². The van der Waals surface area contributed by atoms with Crippen LogP contribution in [0.1, 0.15) is 48.5 Å². The lowest BCUT2D eigenvalue weighted by atomic mass is 9.90. The first-order valence-electron chi connectivity index (χ1n) is 9.27. The predicted octanol–water partition coefficient (Wildman–Crippen LogP) is 2.50. The Labute approximate surface area is 156 Å². The van der Waals surface area contributed by atoms with Crippen LogP contribution in [0.5, 0.6) is 0 Å². The number of hydrogen-bond donors (Lipinski definition) is 0. The van der Waals surface area contributed by atoms with Gasteiger partial charge < -0.3 is 9.47 Å². The fourth-order valence-electron chi connectivity index (χ4n) is 2.90. The second-order valence-electron chi connectivity index (χ2n) is 9.37. The Bertz CT molecular complexity index is 500. The van der Waals surface area contributed by atoms with Crippen molar-refractivity contribution in [1.82, 2.24) is 9.21 Å². The summed E-state index contributed by atoms with van der Waals surface area (Å²) in [6, 6.07) is 0. The van der Waals surface area contributed by atoms with Gasteiger partial charge in [0.05, 0.1) is 25.4 Å². The summed E-state index contributed by atoms with van der Waals surface area (Å²) in [5.74, 6) is 3.93. The zero-order chi connectivity index (χ0) is 19.5. The topological polar surface area (TPSA) is 42.0 Å². The Morgan fingerprint density at radius 1 is 1.20 bits per heavy atom. The number of morpholine rings is 1. The fraction of sp³-hybridized carbons (Fsp3) is 0.947. The van der Waals surface area contributed by atoms with Gasteiger partial charge in [0, 0.05) is 47.7 Å². The third-order valence-electron chi connectivity index (χ3n) is 4.77. The van der Waals surface area contributed by atoms with Crippen molar-refractivity contribution in [3.05, 3.63) is 0 Å². The summed E-state index contributed by atoms with van der Waals surface area (Å²) in [6.45, 7) is 19.8. The van der Waals surface area contributed by atoms with Crippen molar-refractivity contribution >= 4 is 15.6 Å². The van der Waals surface area contributed by atoms with Crippen LogP contribution in [0.4, 0.5) is 0 Å². The molecule has 1 rings (SSSR count). The molecule has 0 aliphatic carbocycles. The molecule has 0 aromatic carbocycles. The second-order valence-corrected chi connectivity index (χ2v) is 11.7. The van der Waals surface area contributed by atoms with Crippen molar-refractivity contribution in [3.63, 3.8) is 0 Å². The van der Waals surface area contributed by atoms with Gasteiger partial charge in [0.25, 0.3) is 0 Å². The first kappa shape index (κ1) is 22.9. The van der Waals surface area contributed by atoms with Crippen LogP contribution in [0.25, 0.3) is 0 Å². The van der Waals surface area contributed by atoms with Gasteiger partial charge in [-0.1, -0.05) is 20.8 Å². The average molecular weight is 377 g/mol. The van der Waals surface area contributed by atoms with Gasteiger partial charge in [-0.05, 0) is 39.0 Å². The van der Waals surface area contributed by atoms with E-state index in [1.165, 1.54) is 0 Å². The molecule has 6 heteroatoms. The van der Waals surface area contributed by atoms with Crippen LogP contribution in [-0.4, -0.2) is 82.7 Å². The van der Waals surface area contributed by atoms with Crippen LogP contribution in [0.15, 0.2) is 0 Å². The van der Waals surface area contributed by atoms with E-state index >= 15 is 0 Å². The number of ether oxygens (including phenoxy) is 2. The minimum Gasteiger partial charge on any atom is -0.379 e. The molecule has 150 valence electrons. The molecule has 1 fully saturated rings. The van der Waals surface area contributed by atoms with E-state index in [9.17, 15) is 4.21 Å². The number of nitrogens with zero attached hydrogens (tertiary/aromatic N) is 2. The van der Waals surface area contributed by atoms with Gasteiger partial charge in [-0.2, -0.15) is 0 Å². The maximum atomic E-state index is 12.8. The highest BCUT2D eigenvalue weighted by Crippen LogP contribution is 2.25. The Morgan fingerprint density at radius 2 is 1.72 bits per heavy atom. The second kappa shape index (κ2) is 8.70. The first-order chi connectivity index (χ1) is 11.2. The molecule has 0 amide bonds. The molecule has 0 radical (unpaired) electrons. The first-order valence-corrected chi connectivity index (χ1v) is 11.4. The van der Waals surface area contributed by atoms with Crippen LogP contribution in [-0.2, 0) is 19.2 Å². The molecule has 5 nitrogen and oxygen atoms in total. The van der Waals surface area contributed by atoms with E-state index in [-0.39, 0.29) is 23.2 Å². The summed E-state index contributed by atoms with van der Waals surface area (Å²) < 4.78 is 26.7. The lowest BCUT2D eigenvalue weighted by molar-refractivity contribution is -0.0832. The molecule has 0 saturated carbocycles. The van der Waals surface area contributed by atoms with E-state index in [4.69, 9.17) is 9.47 Å². The summed E-state index contributed by atoms with van der Waals surface area (Å²) in [5, 5.41) is 0. The summed E-state index contributed by atoms with van der Waals surface area (Å²) >= 11 is 0. The summed E-state index contributed by atoms with van der Waals surface area (Å²) in [7, 11) is -2.32. The molecule has 0 N–H and O–H groups in total. The van der Waals surface area contributed by atoms with Gasteiger partial charge >= 0.3 is 0 Å². The Kier molecular flexibility index (Phi) is 7.97. The molecule has 0 aromatic heterocycles. The summed E-state index contributed by atoms with van der Waals surface area (Å²) in [4.78, 5) is 2.38. The molecule has 0 bridgehead atoms. The molecule has 0 spiro atoms. The van der Waals surface area contributed by atoms with Gasteiger partial charge in [0.15, 0.2) is 0 Å². The minimum absolute atomic E-state index is 0.0194. The van der Waals surface area contributed by atoms with E-state index in [0.29, 0.717) is 6.54 Å². The maximum Gasteiger partial charge on any atom is 0.0842 e. The van der Waals surface area contributed by atoms with Crippen LogP contribution in [0, 0.1) is 5.41 Å². The smallest absolute Gasteiger partial charge is 0.0842 e. The molecule has 1 saturated heterocycles. The van der Waals surface area contributed by atoms with Gasteiger partial charge in [-0.15, -0.1) is 0 Å². The molecule has 3 unspecified atom stereocenters. The SMILES string of the molecule is C=S(C)(=O)N(CC(CN1CCOCC1)OC(C)C(C)(C)C)C(C)(C)C. The van der Waals surface area contributed by atoms with Gasteiger partial charge in [0.1, 0.15) is 0 Å². The van der Waals surface area contributed by atoms with E-state index < -0.39 is 9.71 Å². The maximum absolute atomic E-state index is 12.8. The Morgan fingerprint density at radius 3 is 2.12 bits per heavy atom. The van der Waals surface area contributed by atoms with E-state index in [1.54, 1.807) is 6.26 Å². The van der Waals surface area contributed by atoms with Crippen LogP contribution in [0.2, 0.25) is 0 Å². The van der Waals surface area contributed by atoms with Gasteiger partial charge in [0.2, 0.25) is 0 Å². The van der Waals surface area contributed by atoms with Crippen molar-refractivity contribution in [3.8, 4) is 0 Å². The molecule has 0 aromatic rings. The van der Waals surface area contributed by atoms with Crippen LogP contribution in [0.3, 0.4) is 0 Å². The highest BCUT2D eigenvalue weighted by Gasteiger charge is 2.32. The van der Waals surface area contributed by atoms with Crippen LogP contribution >= 0.6 is 0 Å². The lowest BCUT2D eigenvalue weighted by Gasteiger charge is -2.41. The predicted molar refractivity (Wildman–Crippen MR) is 109 cm³/mol. The van der Waals surface area contributed by atoms with Crippen molar-refractivity contribution in [2.75, 3.05) is 45.6 Å². The molecule has 1 aliphatic heterocycles. The standard InChI is InChI=1S/C19H40N2O3S/c1-16(18(2,3)4)24-17(14-20-10-12-23-13-11-20)15-21(19(5,6)7)25(8,9)22/h16-17H,8,10-15H2,1-7,9H3. The molecule has 25 heavy (non-hydrogen) atoms.